The van der Waals surface area contributed by atoms with Gasteiger partial charge in [-0.05, 0) is 30.2 Å². The summed E-state index contributed by atoms with van der Waals surface area (Å²) >= 11 is 0. The predicted molar refractivity (Wildman–Crippen MR) is 127 cm³/mol. The first-order valence-electron chi connectivity index (χ1n) is 11.0. The van der Waals surface area contributed by atoms with Gasteiger partial charge in [0.15, 0.2) is 23.4 Å². The number of ether oxygens (including phenoxy) is 5. The maximum atomic E-state index is 13.6. The van der Waals surface area contributed by atoms with Crippen molar-refractivity contribution in [1.29, 1.82) is 0 Å². The Balaban J connectivity index is 2.50. The van der Waals surface area contributed by atoms with Crippen molar-refractivity contribution in [3.05, 3.63) is 71.3 Å². The van der Waals surface area contributed by atoms with Gasteiger partial charge in [-0.1, -0.05) is 31.2 Å². The van der Waals surface area contributed by atoms with Crippen LogP contribution in [0.25, 0.3) is 0 Å². The lowest BCUT2D eigenvalue weighted by Crippen LogP contribution is -2.21. The van der Waals surface area contributed by atoms with Crippen LogP contribution in [0.5, 0.6) is 11.5 Å². The molecule has 1 N–H and O–H groups in total. The molecular weight excluding hydrogens is 440 g/mol. The van der Waals surface area contributed by atoms with Crippen molar-refractivity contribution in [2.75, 3.05) is 47.3 Å². The number of carboxylic acids is 1. The van der Waals surface area contributed by atoms with E-state index >= 15 is 0 Å². The van der Waals surface area contributed by atoms with E-state index in [-0.39, 0.29) is 24.6 Å². The van der Waals surface area contributed by atoms with E-state index in [1.807, 2.05) is 6.92 Å². The number of aliphatic carboxylic acids is 1. The van der Waals surface area contributed by atoms with Crippen molar-refractivity contribution in [1.82, 2.24) is 0 Å². The van der Waals surface area contributed by atoms with E-state index in [1.54, 1.807) is 50.6 Å². The molecule has 0 radical (unpaired) electrons. The number of hydrogen-bond donors (Lipinski definition) is 1. The van der Waals surface area contributed by atoms with E-state index in [0.717, 1.165) is 5.56 Å². The topological polar surface area (TPSA) is 101 Å². The molecule has 0 saturated heterocycles. The summed E-state index contributed by atoms with van der Waals surface area (Å²) in [6, 6.07) is 10.0. The summed E-state index contributed by atoms with van der Waals surface area (Å²) in [4.78, 5) is 25.6. The molecule has 0 aliphatic heterocycles. The Hall–Kier alpha value is -3.20. The number of methoxy groups -OCH3 is 2. The highest BCUT2D eigenvalue weighted by Gasteiger charge is 2.29. The summed E-state index contributed by atoms with van der Waals surface area (Å²) in [5.41, 5.74) is 1.64. The highest BCUT2D eigenvalue weighted by molar-refractivity contribution is 6.11. The van der Waals surface area contributed by atoms with Crippen molar-refractivity contribution in [2.45, 2.75) is 19.4 Å². The van der Waals surface area contributed by atoms with Crippen LogP contribution in [-0.4, -0.2) is 64.1 Å². The molecule has 1 unspecified atom stereocenters. The lowest BCUT2D eigenvalue weighted by molar-refractivity contribution is -0.150. The highest BCUT2D eigenvalue weighted by atomic mass is 16.5. The van der Waals surface area contributed by atoms with Gasteiger partial charge in [0.1, 0.15) is 13.2 Å². The highest BCUT2D eigenvalue weighted by Crippen LogP contribution is 2.32. The molecule has 2 aromatic carbocycles. The zero-order valence-electron chi connectivity index (χ0n) is 19.9. The predicted octanol–water partition coefficient (Wildman–Crippen LogP) is 3.86. The first kappa shape index (κ1) is 27.0. The van der Waals surface area contributed by atoms with Gasteiger partial charge < -0.3 is 28.8 Å². The third-order valence-electron chi connectivity index (χ3n) is 4.99. The van der Waals surface area contributed by atoms with Gasteiger partial charge in [-0.3, -0.25) is 4.79 Å². The van der Waals surface area contributed by atoms with Crippen LogP contribution in [0.1, 0.15) is 40.1 Å². The van der Waals surface area contributed by atoms with Gasteiger partial charge in [-0.25, -0.2) is 4.79 Å². The van der Waals surface area contributed by atoms with Crippen LogP contribution in [0.4, 0.5) is 0 Å². The summed E-state index contributed by atoms with van der Waals surface area (Å²) in [6.07, 6.45) is 0.704. The van der Waals surface area contributed by atoms with Gasteiger partial charge in [0.05, 0.1) is 19.8 Å². The van der Waals surface area contributed by atoms with Crippen molar-refractivity contribution in [3.63, 3.8) is 0 Å². The third kappa shape index (κ3) is 7.15. The van der Waals surface area contributed by atoms with Crippen LogP contribution in [-0.2, 0) is 25.4 Å². The summed E-state index contributed by atoms with van der Waals surface area (Å²) in [5, 5.41) is 9.82. The molecule has 184 valence electrons. The SMILES string of the molecule is C=CCOC(C(=O)O)c1c(CC)cccc1C(=O)c1ccc(OCCOC)c(OCCOC)c1. The first-order valence-corrected chi connectivity index (χ1v) is 11.0. The minimum absolute atomic E-state index is 0.0354. The molecule has 0 saturated carbocycles. The molecule has 8 heteroatoms. The van der Waals surface area contributed by atoms with E-state index in [4.69, 9.17) is 23.7 Å². The normalized spacial score (nSPS) is 11.6. The average molecular weight is 473 g/mol. The Labute approximate surface area is 200 Å². The second-order valence-electron chi connectivity index (χ2n) is 7.25. The van der Waals surface area contributed by atoms with E-state index in [2.05, 4.69) is 6.58 Å². The average Bonchev–Trinajstić information content (AvgIpc) is 2.84. The molecule has 2 rings (SSSR count). The molecule has 0 aromatic heterocycles. The molecule has 0 aliphatic carbocycles. The molecule has 0 heterocycles. The van der Waals surface area contributed by atoms with Crippen LogP contribution in [0, 0.1) is 0 Å². The third-order valence-corrected chi connectivity index (χ3v) is 4.99. The van der Waals surface area contributed by atoms with E-state index in [0.29, 0.717) is 48.9 Å². The number of carboxylic acid groups (broad SMARTS) is 1. The number of aryl methyl sites for hydroxylation is 1. The minimum atomic E-state index is -1.30. The van der Waals surface area contributed by atoms with Crippen LogP contribution in [0.2, 0.25) is 0 Å². The molecule has 0 bridgehead atoms. The lowest BCUT2D eigenvalue weighted by atomic mass is 9.90. The molecule has 0 amide bonds. The van der Waals surface area contributed by atoms with Gasteiger partial charge >= 0.3 is 5.97 Å². The number of carbonyl (C=O) groups excluding carboxylic acids is 1. The fourth-order valence-electron chi connectivity index (χ4n) is 3.38. The van der Waals surface area contributed by atoms with Crippen molar-refractivity contribution < 1.29 is 38.4 Å². The van der Waals surface area contributed by atoms with E-state index < -0.39 is 12.1 Å². The van der Waals surface area contributed by atoms with Crippen LogP contribution in [0.15, 0.2) is 49.1 Å². The fourth-order valence-corrected chi connectivity index (χ4v) is 3.38. The lowest BCUT2D eigenvalue weighted by Gasteiger charge is -2.20. The maximum absolute atomic E-state index is 13.6. The van der Waals surface area contributed by atoms with Gasteiger partial charge in [0.25, 0.3) is 0 Å². The Morgan fingerprint density at radius 2 is 1.68 bits per heavy atom. The minimum Gasteiger partial charge on any atom is -0.487 e. The summed E-state index contributed by atoms with van der Waals surface area (Å²) in [7, 11) is 3.14. The van der Waals surface area contributed by atoms with Crippen LogP contribution >= 0.6 is 0 Å². The number of hydrogen-bond acceptors (Lipinski definition) is 7. The molecule has 0 aliphatic rings. The van der Waals surface area contributed by atoms with Crippen molar-refractivity contribution in [3.8, 4) is 11.5 Å². The molecule has 0 fully saturated rings. The Kier molecular flexibility index (Phi) is 11.3. The molecule has 1 atom stereocenters. The van der Waals surface area contributed by atoms with Crippen LogP contribution in [0.3, 0.4) is 0 Å². The largest absolute Gasteiger partial charge is 0.487 e. The van der Waals surface area contributed by atoms with Gasteiger partial charge in [0, 0.05) is 30.9 Å². The number of benzene rings is 2. The fraction of sp³-hybridized carbons (Fsp3) is 0.385. The standard InChI is InChI=1S/C26H32O8/c1-5-12-34-25(26(28)29)23-18(6-2)8-7-9-20(23)24(27)19-10-11-21(32-15-13-30-3)22(17-19)33-16-14-31-4/h5,7-11,17,25H,1,6,12-16H2,2-4H3,(H,28,29). The van der Waals surface area contributed by atoms with Crippen molar-refractivity contribution in [2.24, 2.45) is 0 Å². The number of ketones is 1. The summed E-state index contributed by atoms with van der Waals surface area (Å²) < 4.78 is 27.1. The number of carbonyl (C=O) groups is 2. The second kappa shape index (κ2) is 14.1. The second-order valence-corrected chi connectivity index (χ2v) is 7.25. The molecule has 34 heavy (non-hydrogen) atoms. The van der Waals surface area contributed by atoms with Gasteiger partial charge in [-0.15, -0.1) is 6.58 Å². The smallest absolute Gasteiger partial charge is 0.337 e. The summed E-state index contributed by atoms with van der Waals surface area (Å²) in [5.74, 6) is -0.684. The van der Waals surface area contributed by atoms with Gasteiger partial charge in [0.2, 0.25) is 0 Å². The maximum Gasteiger partial charge on any atom is 0.337 e. The number of rotatable bonds is 16. The zero-order chi connectivity index (χ0) is 24.9. The molecule has 0 spiro atoms. The molecular formula is C26H32O8. The van der Waals surface area contributed by atoms with Crippen LogP contribution < -0.4 is 9.47 Å². The van der Waals surface area contributed by atoms with Crippen molar-refractivity contribution >= 4 is 11.8 Å². The zero-order valence-corrected chi connectivity index (χ0v) is 19.9. The van der Waals surface area contributed by atoms with E-state index in [9.17, 15) is 14.7 Å². The Bertz CT molecular complexity index is 969. The first-order chi connectivity index (χ1) is 16.5. The Morgan fingerprint density at radius 1 is 1.00 bits per heavy atom. The monoisotopic (exact) mass is 472 g/mol. The Morgan fingerprint density at radius 3 is 2.26 bits per heavy atom. The van der Waals surface area contributed by atoms with Gasteiger partial charge in [-0.2, -0.15) is 0 Å². The van der Waals surface area contributed by atoms with E-state index in [1.165, 1.54) is 6.08 Å². The summed E-state index contributed by atoms with van der Waals surface area (Å²) in [6.45, 7) is 6.85. The quantitative estimate of drug-likeness (QED) is 0.223. The molecule has 8 nitrogen and oxygen atoms in total. The molecule has 2 aromatic rings.